The van der Waals surface area contributed by atoms with Crippen molar-refractivity contribution in [2.45, 2.75) is 13.8 Å². The van der Waals surface area contributed by atoms with Crippen LogP contribution in [0.2, 0.25) is 0 Å². The van der Waals surface area contributed by atoms with Crippen LogP contribution in [0.1, 0.15) is 11.1 Å². The van der Waals surface area contributed by atoms with Gasteiger partial charge in [-0.25, -0.2) is 0 Å². The molecule has 36 heavy (non-hydrogen) atoms. The highest BCUT2D eigenvalue weighted by Gasteiger charge is 2.15. The molecule has 0 N–H and O–H groups in total. The van der Waals surface area contributed by atoms with Gasteiger partial charge in [-0.1, -0.05) is 36.4 Å². The molecule has 2 nitrogen and oxygen atoms in total. The molecule has 0 atom stereocenters. The van der Waals surface area contributed by atoms with Crippen LogP contribution in [0, 0.1) is 13.8 Å². The van der Waals surface area contributed by atoms with E-state index in [9.17, 15) is 0 Å². The summed E-state index contributed by atoms with van der Waals surface area (Å²) in [5.41, 5.74) is 4.39. The number of hydrogen-bond acceptors (Lipinski definition) is 4. The minimum atomic E-state index is 0.931. The molecule has 0 saturated carbocycles. The van der Waals surface area contributed by atoms with Crippen LogP contribution in [0.4, 0.5) is 0 Å². The van der Waals surface area contributed by atoms with Crippen molar-refractivity contribution in [3.05, 3.63) is 94.7 Å². The van der Waals surface area contributed by atoms with Crippen LogP contribution in [0.25, 0.3) is 75.5 Å². The summed E-state index contributed by atoms with van der Waals surface area (Å²) in [7, 11) is 0. The lowest BCUT2D eigenvalue weighted by molar-refractivity contribution is 0.633. The van der Waals surface area contributed by atoms with Gasteiger partial charge in [0.2, 0.25) is 0 Å². The van der Waals surface area contributed by atoms with Gasteiger partial charge in [0, 0.05) is 10.8 Å². The van der Waals surface area contributed by atoms with Crippen molar-refractivity contribution in [2.75, 3.05) is 0 Å². The third kappa shape index (κ3) is 2.89. The molecule has 0 fully saturated rings. The molecule has 8 rings (SSSR count). The summed E-state index contributed by atoms with van der Waals surface area (Å²) in [6.45, 7) is 4.24. The molecule has 4 aromatic heterocycles. The lowest BCUT2D eigenvalue weighted by Gasteiger charge is -2.08. The van der Waals surface area contributed by atoms with Crippen molar-refractivity contribution < 1.29 is 8.83 Å². The highest BCUT2D eigenvalue weighted by Crippen LogP contribution is 2.41. The molecular weight excluding hydrogens is 480 g/mol. The van der Waals surface area contributed by atoms with Gasteiger partial charge in [-0.2, -0.15) is 0 Å². The standard InChI is InChI=1S/C32H20O2S2/c1-17-11-31(35-15-17)29-13-25-23-5-3-20-19(21(23)7-9-27(25)33-29)4-6-24-22(20)8-10-28-26(24)14-30(34-28)32-12-18(2)16-36-32/h3-16H,1-2H3. The number of fused-ring (bicyclic) bond motifs is 9. The van der Waals surface area contributed by atoms with Crippen LogP contribution < -0.4 is 0 Å². The smallest absolute Gasteiger partial charge is 0.145 e. The molecule has 0 aliphatic heterocycles. The molecule has 0 unspecified atom stereocenters. The Bertz CT molecular complexity index is 1980. The van der Waals surface area contributed by atoms with E-state index in [2.05, 4.69) is 97.4 Å². The van der Waals surface area contributed by atoms with Crippen molar-refractivity contribution in [1.82, 2.24) is 0 Å². The van der Waals surface area contributed by atoms with E-state index in [0.717, 1.165) is 33.5 Å². The van der Waals surface area contributed by atoms with Gasteiger partial charge in [-0.3, -0.25) is 0 Å². The molecule has 4 aromatic carbocycles. The molecule has 8 aromatic rings. The average Bonchev–Trinajstić information content (AvgIpc) is 3.68. The quantitative estimate of drug-likeness (QED) is 0.221. The van der Waals surface area contributed by atoms with Crippen molar-refractivity contribution >= 4 is 76.9 Å². The minimum absolute atomic E-state index is 0.931. The first-order chi connectivity index (χ1) is 17.6. The normalized spacial score (nSPS) is 12.2. The van der Waals surface area contributed by atoms with Crippen LogP contribution in [0.15, 0.2) is 92.4 Å². The third-order valence-electron chi connectivity index (χ3n) is 7.14. The Kier molecular flexibility index (Phi) is 4.14. The van der Waals surface area contributed by atoms with E-state index in [4.69, 9.17) is 8.83 Å². The Labute approximate surface area is 215 Å². The first-order valence-electron chi connectivity index (χ1n) is 12.0. The summed E-state index contributed by atoms with van der Waals surface area (Å²) in [4.78, 5) is 2.34. The third-order valence-corrected chi connectivity index (χ3v) is 9.26. The minimum Gasteiger partial charge on any atom is -0.455 e. The molecule has 4 heteroatoms. The largest absolute Gasteiger partial charge is 0.455 e. The van der Waals surface area contributed by atoms with Crippen LogP contribution in [0.5, 0.6) is 0 Å². The summed E-state index contributed by atoms with van der Waals surface area (Å²) in [5, 5.41) is 14.1. The zero-order valence-electron chi connectivity index (χ0n) is 19.7. The van der Waals surface area contributed by atoms with Gasteiger partial charge in [-0.15, -0.1) is 22.7 Å². The van der Waals surface area contributed by atoms with Crippen LogP contribution in [-0.2, 0) is 0 Å². The van der Waals surface area contributed by atoms with Crippen molar-refractivity contribution in [3.63, 3.8) is 0 Å². The second kappa shape index (κ2) is 7.33. The monoisotopic (exact) mass is 500 g/mol. The molecular formula is C32H20O2S2. The highest BCUT2D eigenvalue weighted by atomic mass is 32.1. The van der Waals surface area contributed by atoms with E-state index >= 15 is 0 Å². The topological polar surface area (TPSA) is 26.3 Å². The Morgan fingerprint density at radius 1 is 0.444 bits per heavy atom. The van der Waals surface area contributed by atoms with Gasteiger partial charge < -0.3 is 8.83 Å². The van der Waals surface area contributed by atoms with Gasteiger partial charge in [0.1, 0.15) is 22.7 Å². The predicted octanol–water partition coefficient (Wildman–Crippen LogP) is 10.7. The molecule has 0 radical (unpaired) electrons. The molecule has 172 valence electrons. The molecule has 0 amide bonds. The highest BCUT2D eigenvalue weighted by molar-refractivity contribution is 7.14. The molecule has 0 saturated heterocycles. The molecule has 0 bridgehead atoms. The Morgan fingerprint density at radius 3 is 1.17 bits per heavy atom. The Morgan fingerprint density at radius 2 is 0.806 bits per heavy atom. The number of aryl methyl sites for hydroxylation is 2. The Balaban J connectivity index is 1.35. The van der Waals surface area contributed by atoms with Crippen LogP contribution in [0.3, 0.4) is 0 Å². The van der Waals surface area contributed by atoms with Gasteiger partial charge >= 0.3 is 0 Å². The molecule has 0 spiro atoms. The fraction of sp³-hybridized carbons (Fsp3) is 0.0625. The lowest BCUT2D eigenvalue weighted by atomic mass is 9.94. The summed E-state index contributed by atoms with van der Waals surface area (Å²) in [6, 6.07) is 26.4. The molecule has 4 heterocycles. The fourth-order valence-electron chi connectivity index (χ4n) is 5.44. The van der Waals surface area contributed by atoms with E-state index in [0.29, 0.717) is 0 Å². The van der Waals surface area contributed by atoms with E-state index in [1.165, 1.54) is 53.2 Å². The molecule has 0 aliphatic carbocycles. The number of benzene rings is 4. The van der Waals surface area contributed by atoms with Crippen molar-refractivity contribution in [3.8, 4) is 21.3 Å². The number of rotatable bonds is 2. The van der Waals surface area contributed by atoms with E-state index in [-0.39, 0.29) is 0 Å². The van der Waals surface area contributed by atoms with Crippen molar-refractivity contribution in [1.29, 1.82) is 0 Å². The van der Waals surface area contributed by atoms with Crippen LogP contribution >= 0.6 is 22.7 Å². The average molecular weight is 501 g/mol. The Hall–Kier alpha value is -3.86. The summed E-state index contributed by atoms with van der Waals surface area (Å²) in [6.07, 6.45) is 0. The van der Waals surface area contributed by atoms with E-state index in [1.807, 2.05) is 0 Å². The zero-order valence-corrected chi connectivity index (χ0v) is 21.3. The number of thiophene rings is 2. The fourth-order valence-corrected chi connectivity index (χ4v) is 7.14. The SMILES string of the molecule is Cc1csc(-c2cc3c(ccc4c3ccc3c5ccc6oc(-c7cc(C)cs7)cc6c5ccc43)o2)c1. The second-order valence-corrected chi connectivity index (χ2v) is 11.4. The molecule has 0 aliphatic rings. The summed E-state index contributed by atoms with van der Waals surface area (Å²) < 4.78 is 12.5. The first-order valence-corrected chi connectivity index (χ1v) is 13.7. The van der Waals surface area contributed by atoms with Gasteiger partial charge in [0.15, 0.2) is 0 Å². The lowest BCUT2D eigenvalue weighted by Crippen LogP contribution is -1.82. The summed E-state index contributed by atoms with van der Waals surface area (Å²) in [5.74, 6) is 1.88. The summed E-state index contributed by atoms with van der Waals surface area (Å²) >= 11 is 3.46. The number of hydrogen-bond donors (Lipinski definition) is 0. The van der Waals surface area contributed by atoms with E-state index < -0.39 is 0 Å². The second-order valence-electron chi connectivity index (χ2n) is 9.57. The van der Waals surface area contributed by atoms with Gasteiger partial charge in [0.25, 0.3) is 0 Å². The maximum Gasteiger partial charge on any atom is 0.145 e. The van der Waals surface area contributed by atoms with Gasteiger partial charge in [-0.05, 0) is 104 Å². The van der Waals surface area contributed by atoms with Gasteiger partial charge in [0.05, 0.1) is 9.75 Å². The maximum atomic E-state index is 6.25. The predicted molar refractivity (Wildman–Crippen MR) is 155 cm³/mol. The van der Waals surface area contributed by atoms with E-state index in [1.54, 1.807) is 22.7 Å². The first kappa shape index (κ1) is 20.3. The number of furan rings is 2. The zero-order chi connectivity index (χ0) is 24.0. The maximum absolute atomic E-state index is 6.25. The van der Waals surface area contributed by atoms with Crippen molar-refractivity contribution in [2.24, 2.45) is 0 Å². The van der Waals surface area contributed by atoms with Crippen LogP contribution in [-0.4, -0.2) is 0 Å².